The van der Waals surface area contributed by atoms with Crippen LogP contribution in [-0.4, -0.2) is 23.3 Å². The molecule has 106 valence electrons. The zero-order valence-electron chi connectivity index (χ0n) is 11.7. The molecule has 0 unspecified atom stereocenters. The summed E-state index contributed by atoms with van der Waals surface area (Å²) in [6.45, 7) is 0.229. The normalized spacial score (nSPS) is 13.5. The molecule has 0 radical (unpaired) electrons. The van der Waals surface area contributed by atoms with Gasteiger partial charge in [0.1, 0.15) is 0 Å². The van der Waals surface area contributed by atoms with Gasteiger partial charge in [-0.2, -0.15) is 5.26 Å². The Hall–Kier alpha value is -3.19. The number of imide groups is 1. The van der Waals surface area contributed by atoms with E-state index in [-0.39, 0.29) is 18.4 Å². The average Bonchev–Trinajstić information content (AvgIpc) is 2.81. The van der Waals surface area contributed by atoms with E-state index in [1.54, 1.807) is 42.5 Å². The van der Waals surface area contributed by atoms with Crippen molar-refractivity contribution < 1.29 is 9.59 Å². The lowest BCUT2D eigenvalue weighted by Crippen LogP contribution is -2.29. The number of carbonyl (C=O) groups is 2. The molecule has 0 aliphatic carbocycles. The maximum Gasteiger partial charge on any atom is 0.261 e. The Morgan fingerprint density at radius 1 is 0.955 bits per heavy atom. The van der Waals surface area contributed by atoms with Gasteiger partial charge in [0.15, 0.2) is 0 Å². The van der Waals surface area contributed by atoms with Crippen molar-refractivity contribution in [3.63, 3.8) is 0 Å². The van der Waals surface area contributed by atoms with Crippen LogP contribution in [0.2, 0.25) is 0 Å². The van der Waals surface area contributed by atoms with E-state index in [0.29, 0.717) is 16.7 Å². The van der Waals surface area contributed by atoms with Crippen molar-refractivity contribution >= 4 is 17.9 Å². The number of carbonyl (C=O) groups excluding carboxylic acids is 2. The second kappa shape index (κ2) is 5.66. The van der Waals surface area contributed by atoms with Gasteiger partial charge in [0.2, 0.25) is 0 Å². The second-order valence-electron chi connectivity index (χ2n) is 4.90. The summed E-state index contributed by atoms with van der Waals surface area (Å²) in [6, 6.07) is 16.0. The summed E-state index contributed by atoms with van der Waals surface area (Å²) in [5, 5.41) is 8.74. The topological polar surface area (TPSA) is 61.2 Å². The first-order chi connectivity index (χ1) is 10.7. The van der Waals surface area contributed by atoms with Gasteiger partial charge < -0.3 is 0 Å². The molecular formula is C18H12N2O2. The van der Waals surface area contributed by atoms with Crippen molar-refractivity contribution in [1.82, 2.24) is 4.90 Å². The molecule has 2 aromatic rings. The van der Waals surface area contributed by atoms with Gasteiger partial charge in [-0.1, -0.05) is 36.4 Å². The first kappa shape index (κ1) is 13.8. The number of amides is 2. The predicted octanol–water partition coefficient (Wildman–Crippen LogP) is 2.87. The number of nitriles is 1. The number of hydrogen-bond donors (Lipinski definition) is 0. The van der Waals surface area contributed by atoms with Gasteiger partial charge in [0.05, 0.1) is 22.8 Å². The SMILES string of the molecule is N#Cc1ccc(/C=C/CN2C(=O)c3ccccc3C2=O)cc1. The Kier molecular flexibility index (Phi) is 3.55. The van der Waals surface area contributed by atoms with Gasteiger partial charge in [-0.05, 0) is 29.8 Å². The molecule has 1 aliphatic heterocycles. The van der Waals surface area contributed by atoms with E-state index in [0.717, 1.165) is 5.56 Å². The van der Waals surface area contributed by atoms with E-state index in [2.05, 4.69) is 6.07 Å². The van der Waals surface area contributed by atoms with Crippen LogP contribution in [0.3, 0.4) is 0 Å². The zero-order valence-corrected chi connectivity index (χ0v) is 11.7. The highest BCUT2D eigenvalue weighted by Gasteiger charge is 2.33. The van der Waals surface area contributed by atoms with Crippen molar-refractivity contribution in [3.05, 3.63) is 76.9 Å². The molecule has 1 aliphatic rings. The standard InChI is InChI=1S/C18H12N2O2/c19-12-14-9-7-13(8-10-14)4-3-11-20-17(21)15-5-1-2-6-16(15)18(20)22/h1-10H,11H2/b4-3+. The molecule has 0 bridgehead atoms. The van der Waals surface area contributed by atoms with Crippen molar-refractivity contribution in [2.24, 2.45) is 0 Å². The van der Waals surface area contributed by atoms with E-state index in [9.17, 15) is 9.59 Å². The maximum atomic E-state index is 12.2. The van der Waals surface area contributed by atoms with Gasteiger partial charge in [-0.15, -0.1) is 0 Å². The fourth-order valence-corrected chi connectivity index (χ4v) is 2.37. The Labute approximate surface area is 127 Å². The van der Waals surface area contributed by atoms with Crippen molar-refractivity contribution in [1.29, 1.82) is 5.26 Å². The van der Waals surface area contributed by atoms with Crippen molar-refractivity contribution in [3.8, 4) is 6.07 Å². The molecule has 3 rings (SSSR count). The van der Waals surface area contributed by atoms with Crippen LogP contribution in [0.1, 0.15) is 31.8 Å². The lowest BCUT2D eigenvalue weighted by Gasteiger charge is -2.10. The fraction of sp³-hybridized carbons (Fsp3) is 0.0556. The summed E-state index contributed by atoms with van der Waals surface area (Å²) in [6.07, 6.45) is 3.59. The Morgan fingerprint density at radius 2 is 1.55 bits per heavy atom. The molecule has 2 aromatic carbocycles. The van der Waals surface area contributed by atoms with Crippen LogP contribution < -0.4 is 0 Å². The molecule has 2 amide bonds. The van der Waals surface area contributed by atoms with E-state index < -0.39 is 0 Å². The summed E-state index contributed by atoms with van der Waals surface area (Å²) in [5.41, 5.74) is 2.42. The molecule has 22 heavy (non-hydrogen) atoms. The maximum absolute atomic E-state index is 12.2. The van der Waals surface area contributed by atoms with Crippen LogP contribution in [0.25, 0.3) is 6.08 Å². The lowest BCUT2D eigenvalue weighted by atomic mass is 10.1. The van der Waals surface area contributed by atoms with Crippen LogP contribution in [0.4, 0.5) is 0 Å². The first-order valence-electron chi connectivity index (χ1n) is 6.82. The summed E-state index contributed by atoms with van der Waals surface area (Å²) in [5.74, 6) is -0.518. The van der Waals surface area contributed by atoms with Crippen LogP contribution in [0, 0.1) is 11.3 Å². The third-order valence-corrected chi connectivity index (χ3v) is 3.52. The van der Waals surface area contributed by atoms with E-state index in [1.807, 2.05) is 18.2 Å². The number of fused-ring (bicyclic) bond motifs is 1. The number of rotatable bonds is 3. The van der Waals surface area contributed by atoms with E-state index in [4.69, 9.17) is 5.26 Å². The van der Waals surface area contributed by atoms with Gasteiger partial charge >= 0.3 is 0 Å². The molecule has 0 atom stereocenters. The molecule has 0 saturated carbocycles. The highest BCUT2D eigenvalue weighted by atomic mass is 16.2. The largest absolute Gasteiger partial charge is 0.270 e. The molecule has 0 aromatic heterocycles. The molecule has 1 heterocycles. The molecule has 4 nitrogen and oxygen atoms in total. The lowest BCUT2D eigenvalue weighted by molar-refractivity contribution is 0.0672. The van der Waals surface area contributed by atoms with Crippen molar-refractivity contribution in [2.45, 2.75) is 0 Å². The molecular weight excluding hydrogens is 276 g/mol. The van der Waals surface area contributed by atoms with Gasteiger partial charge in [-0.3, -0.25) is 14.5 Å². The zero-order chi connectivity index (χ0) is 15.5. The fourth-order valence-electron chi connectivity index (χ4n) is 2.37. The van der Waals surface area contributed by atoms with Gasteiger partial charge in [0, 0.05) is 6.54 Å². The highest BCUT2D eigenvalue weighted by molar-refractivity contribution is 6.21. The summed E-state index contributed by atoms with van der Waals surface area (Å²) in [7, 11) is 0. The third-order valence-electron chi connectivity index (χ3n) is 3.52. The smallest absolute Gasteiger partial charge is 0.261 e. The van der Waals surface area contributed by atoms with Crippen LogP contribution in [0.15, 0.2) is 54.6 Å². The Balaban J connectivity index is 1.72. The van der Waals surface area contributed by atoms with Crippen molar-refractivity contribution in [2.75, 3.05) is 6.54 Å². The number of benzene rings is 2. The first-order valence-corrected chi connectivity index (χ1v) is 6.82. The molecule has 0 saturated heterocycles. The minimum absolute atomic E-state index is 0.229. The quantitative estimate of drug-likeness (QED) is 0.816. The predicted molar refractivity (Wildman–Crippen MR) is 82.0 cm³/mol. The highest BCUT2D eigenvalue weighted by Crippen LogP contribution is 2.22. The monoisotopic (exact) mass is 288 g/mol. The van der Waals surface area contributed by atoms with E-state index in [1.165, 1.54) is 4.90 Å². The van der Waals surface area contributed by atoms with Crippen LogP contribution in [0.5, 0.6) is 0 Å². The number of hydrogen-bond acceptors (Lipinski definition) is 3. The number of nitrogens with zero attached hydrogens (tertiary/aromatic N) is 2. The molecule has 4 heteroatoms. The van der Waals surface area contributed by atoms with E-state index >= 15 is 0 Å². The summed E-state index contributed by atoms with van der Waals surface area (Å²) >= 11 is 0. The Morgan fingerprint density at radius 3 is 2.09 bits per heavy atom. The average molecular weight is 288 g/mol. The minimum Gasteiger partial charge on any atom is -0.270 e. The third kappa shape index (κ3) is 2.40. The molecule has 0 fully saturated rings. The summed E-state index contributed by atoms with van der Waals surface area (Å²) < 4.78 is 0. The van der Waals surface area contributed by atoms with Gasteiger partial charge in [0.25, 0.3) is 11.8 Å². The Bertz CT molecular complexity index is 779. The van der Waals surface area contributed by atoms with Gasteiger partial charge in [-0.25, -0.2) is 0 Å². The summed E-state index contributed by atoms with van der Waals surface area (Å²) in [4.78, 5) is 25.6. The second-order valence-corrected chi connectivity index (χ2v) is 4.90. The van der Waals surface area contributed by atoms with Crippen LogP contribution in [-0.2, 0) is 0 Å². The molecule has 0 spiro atoms. The molecule has 0 N–H and O–H groups in total. The van der Waals surface area contributed by atoms with Crippen LogP contribution >= 0.6 is 0 Å². The minimum atomic E-state index is -0.259.